The number of ether oxygens (including phenoxy) is 3. The lowest BCUT2D eigenvalue weighted by Crippen LogP contribution is -2.06. The van der Waals surface area contributed by atoms with Crippen LogP contribution in [-0.2, 0) is 22.7 Å². The van der Waals surface area contributed by atoms with Crippen molar-refractivity contribution in [2.75, 3.05) is 14.2 Å². The van der Waals surface area contributed by atoms with E-state index in [0.29, 0.717) is 12.2 Å². The predicted octanol–water partition coefficient (Wildman–Crippen LogP) is 3.20. The Hall–Kier alpha value is -2.33. The van der Waals surface area contributed by atoms with Gasteiger partial charge in [0.05, 0.1) is 19.3 Å². The minimum absolute atomic E-state index is 0.213. The molecule has 0 fully saturated rings. The fourth-order valence-electron chi connectivity index (χ4n) is 1.95. The molecule has 0 aliphatic carbocycles. The first-order valence-electron chi connectivity index (χ1n) is 6.61. The lowest BCUT2D eigenvalue weighted by atomic mass is 10.1. The van der Waals surface area contributed by atoms with Crippen molar-refractivity contribution < 1.29 is 19.0 Å². The average molecular weight is 286 g/mol. The fourth-order valence-corrected chi connectivity index (χ4v) is 1.95. The second-order valence-electron chi connectivity index (χ2n) is 4.56. The van der Waals surface area contributed by atoms with Gasteiger partial charge in [0.15, 0.2) is 0 Å². The van der Waals surface area contributed by atoms with E-state index < -0.39 is 0 Å². The summed E-state index contributed by atoms with van der Waals surface area (Å²) in [5, 5.41) is 0. The summed E-state index contributed by atoms with van der Waals surface area (Å²) in [6.45, 7) is 0.682. The highest BCUT2D eigenvalue weighted by Crippen LogP contribution is 2.14. The molecule has 0 aromatic heterocycles. The van der Waals surface area contributed by atoms with Crippen molar-refractivity contribution in [3.8, 4) is 5.75 Å². The minimum atomic E-state index is -0.351. The molecule has 0 heterocycles. The van der Waals surface area contributed by atoms with E-state index in [1.807, 2.05) is 36.4 Å². The molecule has 4 heteroatoms. The summed E-state index contributed by atoms with van der Waals surface area (Å²) in [4.78, 5) is 12.0. The van der Waals surface area contributed by atoms with Crippen LogP contribution in [-0.4, -0.2) is 20.2 Å². The maximum absolute atomic E-state index is 12.0. The van der Waals surface area contributed by atoms with Gasteiger partial charge in [-0.1, -0.05) is 24.3 Å². The van der Waals surface area contributed by atoms with Crippen molar-refractivity contribution >= 4 is 5.97 Å². The molecule has 21 heavy (non-hydrogen) atoms. The van der Waals surface area contributed by atoms with Crippen LogP contribution in [0, 0.1) is 0 Å². The summed E-state index contributed by atoms with van der Waals surface area (Å²) in [5.74, 6) is 0.390. The summed E-state index contributed by atoms with van der Waals surface area (Å²) in [7, 11) is 3.22. The number of esters is 1. The topological polar surface area (TPSA) is 44.8 Å². The first-order chi connectivity index (χ1) is 10.2. The summed E-state index contributed by atoms with van der Waals surface area (Å²) in [6, 6.07) is 14.7. The van der Waals surface area contributed by atoms with Gasteiger partial charge in [0.2, 0.25) is 0 Å². The molecule has 4 nitrogen and oxygen atoms in total. The van der Waals surface area contributed by atoms with Gasteiger partial charge in [-0.2, -0.15) is 0 Å². The van der Waals surface area contributed by atoms with Gasteiger partial charge >= 0.3 is 5.97 Å². The highest BCUT2D eigenvalue weighted by Gasteiger charge is 2.08. The molecular formula is C17H18O4. The molecule has 0 radical (unpaired) electrons. The lowest BCUT2D eigenvalue weighted by molar-refractivity contribution is 0.0472. The number of rotatable bonds is 6. The van der Waals surface area contributed by atoms with Crippen molar-refractivity contribution in [1.29, 1.82) is 0 Å². The van der Waals surface area contributed by atoms with Gasteiger partial charge < -0.3 is 14.2 Å². The summed E-state index contributed by atoms with van der Waals surface area (Å²) in [5.41, 5.74) is 2.34. The Morgan fingerprint density at radius 3 is 2.38 bits per heavy atom. The van der Waals surface area contributed by atoms with E-state index in [2.05, 4.69) is 0 Å². The van der Waals surface area contributed by atoms with Gasteiger partial charge in [0.25, 0.3) is 0 Å². The van der Waals surface area contributed by atoms with Crippen LogP contribution in [0.5, 0.6) is 5.75 Å². The van der Waals surface area contributed by atoms with Crippen LogP contribution in [0.3, 0.4) is 0 Å². The normalized spacial score (nSPS) is 10.2. The smallest absolute Gasteiger partial charge is 0.338 e. The van der Waals surface area contributed by atoms with E-state index in [1.54, 1.807) is 26.4 Å². The third kappa shape index (κ3) is 4.33. The molecule has 0 atom stereocenters. The quantitative estimate of drug-likeness (QED) is 0.765. The predicted molar refractivity (Wildman–Crippen MR) is 79.3 cm³/mol. The molecule has 0 amide bonds. The van der Waals surface area contributed by atoms with Gasteiger partial charge in [-0.15, -0.1) is 0 Å². The fraction of sp³-hybridized carbons (Fsp3) is 0.235. The number of methoxy groups -OCH3 is 2. The molecule has 0 saturated heterocycles. The number of carbonyl (C=O) groups is 1. The molecule has 0 aliphatic rings. The van der Waals surface area contributed by atoms with E-state index >= 15 is 0 Å². The molecule has 0 aliphatic heterocycles. The Labute approximate surface area is 124 Å². The number of benzene rings is 2. The number of carbonyl (C=O) groups excluding carboxylic acids is 1. The molecule has 0 bridgehead atoms. The van der Waals surface area contributed by atoms with Crippen LogP contribution in [0.2, 0.25) is 0 Å². The van der Waals surface area contributed by atoms with Crippen molar-refractivity contribution in [1.82, 2.24) is 0 Å². The molecule has 0 N–H and O–H groups in total. The van der Waals surface area contributed by atoms with Crippen molar-refractivity contribution in [3.05, 3.63) is 65.2 Å². The molecule has 2 rings (SSSR count). The maximum atomic E-state index is 12.0. The second-order valence-corrected chi connectivity index (χ2v) is 4.56. The lowest BCUT2D eigenvalue weighted by Gasteiger charge is -2.07. The Kier molecular flexibility index (Phi) is 5.35. The molecule has 2 aromatic carbocycles. The number of hydrogen-bond acceptors (Lipinski definition) is 4. The standard InChI is InChI=1S/C17H18O4/c1-19-11-13-5-3-7-15(9-13)17(18)21-12-14-6-4-8-16(10-14)20-2/h3-10H,11-12H2,1-2H3. The first kappa shape index (κ1) is 15.1. The zero-order chi connectivity index (χ0) is 15.1. The molecule has 0 unspecified atom stereocenters. The molecule has 0 spiro atoms. The van der Waals surface area contributed by atoms with Crippen molar-refractivity contribution in [3.63, 3.8) is 0 Å². The highest BCUT2D eigenvalue weighted by atomic mass is 16.5. The van der Waals surface area contributed by atoms with E-state index in [1.165, 1.54) is 0 Å². The van der Waals surface area contributed by atoms with Gasteiger partial charge in [-0.25, -0.2) is 4.79 Å². The van der Waals surface area contributed by atoms with Crippen LogP contribution >= 0.6 is 0 Å². The molecular weight excluding hydrogens is 268 g/mol. The third-order valence-electron chi connectivity index (χ3n) is 2.98. The van der Waals surface area contributed by atoms with Crippen molar-refractivity contribution in [2.45, 2.75) is 13.2 Å². The Bertz CT molecular complexity index is 607. The zero-order valence-corrected chi connectivity index (χ0v) is 12.2. The van der Waals surface area contributed by atoms with Crippen LogP contribution in [0.4, 0.5) is 0 Å². The van der Waals surface area contributed by atoms with E-state index in [0.717, 1.165) is 16.9 Å². The Balaban J connectivity index is 1.99. The van der Waals surface area contributed by atoms with Gasteiger partial charge in [-0.3, -0.25) is 0 Å². The first-order valence-corrected chi connectivity index (χ1v) is 6.61. The number of hydrogen-bond donors (Lipinski definition) is 0. The zero-order valence-electron chi connectivity index (χ0n) is 12.2. The third-order valence-corrected chi connectivity index (χ3v) is 2.98. The Morgan fingerprint density at radius 1 is 0.952 bits per heavy atom. The highest BCUT2D eigenvalue weighted by molar-refractivity contribution is 5.89. The van der Waals surface area contributed by atoms with Gasteiger partial charge in [0, 0.05) is 7.11 Å². The summed E-state index contributed by atoms with van der Waals surface area (Å²) in [6.07, 6.45) is 0. The van der Waals surface area contributed by atoms with Gasteiger partial charge in [0.1, 0.15) is 12.4 Å². The van der Waals surface area contributed by atoms with E-state index in [9.17, 15) is 4.79 Å². The summed E-state index contributed by atoms with van der Waals surface area (Å²) >= 11 is 0. The van der Waals surface area contributed by atoms with Crippen LogP contribution < -0.4 is 4.74 Å². The minimum Gasteiger partial charge on any atom is -0.497 e. The van der Waals surface area contributed by atoms with Crippen LogP contribution in [0.25, 0.3) is 0 Å². The van der Waals surface area contributed by atoms with Gasteiger partial charge in [-0.05, 0) is 35.4 Å². The van der Waals surface area contributed by atoms with E-state index in [-0.39, 0.29) is 12.6 Å². The summed E-state index contributed by atoms with van der Waals surface area (Å²) < 4.78 is 15.5. The molecule has 0 saturated carbocycles. The molecule has 110 valence electrons. The SMILES string of the molecule is COCc1cccc(C(=O)OCc2cccc(OC)c2)c1. The monoisotopic (exact) mass is 286 g/mol. The van der Waals surface area contributed by atoms with Crippen molar-refractivity contribution in [2.24, 2.45) is 0 Å². The van der Waals surface area contributed by atoms with Crippen LogP contribution in [0.15, 0.2) is 48.5 Å². The van der Waals surface area contributed by atoms with E-state index in [4.69, 9.17) is 14.2 Å². The van der Waals surface area contributed by atoms with Crippen LogP contribution in [0.1, 0.15) is 21.5 Å². The molecule has 2 aromatic rings. The Morgan fingerprint density at radius 2 is 1.67 bits per heavy atom. The second kappa shape index (κ2) is 7.45. The maximum Gasteiger partial charge on any atom is 0.338 e. The average Bonchev–Trinajstić information content (AvgIpc) is 2.53. The largest absolute Gasteiger partial charge is 0.497 e.